The van der Waals surface area contributed by atoms with E-state index < -0.39 is 0 Å². The number of ether oxygens (including phenoxy) is 1. The predicted octanol–water partition coefficient (Wildman–Crippen LogP) is 3.48. The second-order valence-electron chi connectivity index (χ2n) is 5.62. The zero-order valence-electron chi connectivity index (χ0n) is 11.8. The summed E-state index contributed by atoms with van der Waals surface area (Å²) in [5, 5.41) is 6.98. The minimum absolute atomic E-state index is 0.255. The van der Waals surface area contributed by atoms with Crippen molar-refractivity contribution in [2.75, 3.05) is 6.61 Å². The van der Waals surface area contributed by atoms with Crippen molar-refractivity contribution in [1.29, 1.82) is 0 Å². The van der Waals surface area contributed by atoms with Gasteiger partial charge in [-0.2, -0.15) is 0 Å². The van der Waals surface area contributed by atoms with Crippen molar-refractivity contribution in [1.82, 2.24) is 10.3 Å². The van der Waals surface area contributed by atoms with Gasteiger partial charge in [0.05, 0.1) is 17.8 Å². The Morgan fingerprint density at radius 2 is 2.17 bits per heavy atom. The monoisotopic (exact) mass is 268 g/mol. The number of nitrogens with one attached hydrogen (secondary N) is 1. The summed E-state index contributed by atoms with van der Waals surface area (Å²) in [5.41, 5.74) is 1.20. The van der Waals surface area contributed by atoms with Crippen molar-refractivity contribution in [3.63, 3.8) is 0 Å². The summed E-state index contributed by atoms with van der Waals surface area (Å²) in [6.07, 6.45) is 2.60. The lowest BCUT2D eigenvalue weighted by atomic mass is 10.1. The molecule has 2 heterocycles. The maximum absolute atomic E-state index is 5.84. The molecule has 4 heteroatoms. The van der Waals surface area contributed by atoms with Crippen LogP contribution in [0.25, 0.3) is 0 Å². The Labute approximate surface area is 114 Å². The van der Waals surface area contributed by atoms with Gasteiger partial charge in [-0.25, -0.2) is 4.98 Å². The fraction of sp³-hybridized carbons (Fsp3) is 0.786. The first-order chi connectivity index (χ1) is 8.58. The van der Waals surface area contributed by atoms with Crippen LogP contribution in [0.3, 0.4) is 0 Å². The summed E-state index contributed by atoms with van der Waals surface area (Å²) < 4.78 is 5.84. The number of thiazole rings is 1. The molecule has 0 spiro atoms. The van der Waals surface area contributed by atoms with Crippen molar-refractivity contribution in [3.8, 4) is 0 Å². The molecule has 2 rings (SSSR count). The predicted molar refractivity (Wildman–Crippen MR) is 76.2 cm³/mol. The average Bonchev–Trinajstić information content (AvgIpc) is 2.97. The molecule has 1 aromatic heterocycles. The molecule has 1 aromatic rings. The van der Waals surface area contributed by atoms with Crippen molar-refractivity contribution < 1.29 is 4.74 Å². The van der Waals surface area contributed by atoms with Crippen LogP contribution >= 0.6 is 11.3 Å². The molecule has 2 unspecified atom stereocenters. The van der Waals surface area contributed by atoms with Gasteiger partial charge in [0, 0.05) is 18.0 Å². The second kappa shape index (κ2) is 6.13. The van der Waals surface area contributed by atoms with Crippen LogP contribution in [0.5, 0.6) is 0 Å². The maximum atomic E-state index is 5.84. The van der Waals surface area contributed by atoms with E-state index in [1.807, 2.05) is 0 Å². The van der Waals surface area contributed by atoms with E-state index in [-0.39, 0.29) is 6.04 Å². The molecule has 0 radical (unpaired) electrons. The van der Waals surface area contributed by atoms with Crippen LogP contribution in [0.1, 0.15) is 63.2 Å². The third-order valence-corrected chi connectivity index (χ3v) is 4.19. The third kappa shape index (κ3) is 3.31. The largest absolute Gasteiger partial charge is 0.376 e. The van der Waals surface area contributed by atoms with Gasteiger partial charge in [0.1, 0.15) is 5.01 Å². The highest BCUT2D eigenvalue weighted by Crippen LogP contribution is 2.30. The number of rotatable bonds is 5. The van der Waals surface area contributed by atoms with Gasteiger partial charge in [0.2, 0.25) is 0 Å². The van der Waals surface area contributed by atoms with Gasteiger partial charge >= 0.3 is 0 Å². The van der Waals surface area contributed by atoms with Crippen LogP contribution < -0.4 is 5.32 Å². The molecule has 1 fully saturated rings. The molecular weight excluding hydrogens is 244 g/mol. The summed E-state index contributed by atoms with van der Waals surface area (Å²) >= 11 is 1.76. The molecular formula is C14H24N2OS. The Balaban J connectivity index is 2.15. The molecule has 1 aliphatic rings. The Morgan fingerprint density at radius 3 is 2.67 bits per heavy atom. The van der Waals surface area contributed by atoms with Crippen molar-refractivity contribution in [3.05, 3.63) is 16.1 Å². The molecule has 1 N–H and O–H groups in total. The molecule has 1 aliphatic heterocycles. The van der Waals surface area contributed by atoms with E-state index in [9.17, 15) is 0 Å². The van der Waals surface area contributed by atoms with Crippen LogP contribution in [0, 0.1) is 0 Å². The van der Waals surface area contributed by atoms with Gasteiger partial charge in [-0.1, -0.05) is 27.7 Å². The van der Waals surface area contributed by atoms with E-state index in [0.717, 1.165) is 13.0 Å². The first-order valence-electron chi connectivity index (χ1n) is 6.91. The Bertz CT molecular complexity index is 370. The highest BCUT2D eigenvalue weighted by atomic mass is 32.1. The minimum Gasteiger partial charge on any atom is -0.376 e. The lowest BCUT2D eigenvalue weighted by molar-refractivity contribution is 0.0752. The molecule has 18 heavy (non-hydrogen) atoms. The minimum atomic E-state index is 0.255. The lowest BCUT2D eigenvalue weighted by Crippen LogP contribution is -2.36. The molecule has 0 aromatic carbocycles. The quantitative estimate of drug-likeness (QED) is 0.887. The van der Waals surface area contributed by atoms with Gasteiger partial charge in [0.25, 0.3) is 0 Å². The second-order valence-corrected chi connectivity index (χ2v) is 6.51. The molecule has 0 amide bonds. The van der Waals surface area contributed by atoms with Crippen LogP contribution in [-0.4, -0.2) is 23.7 Å². The van der Waals surface area contributed by atoms with E-state index in [4.69, 9.17) is 9.72 Å². The maximum Gasteiger partial charge on any atom is 0.113 e. The van der Waals surface area contributed by atoms with Gasteiger partial charge in [-0.15, -0.1) is 11.3 Å². The Morgan fingerprint density at radius 1 is 1.39 bits per heavy atom. The smallest absolute Gasteiger partial charge is 0.113 e. The highest BCUT2D eigenvalue weighted by molar-refractivity contribution is 7.09. The average molecular weight is 268 g/mol. The van der Waals surface area contributed by atoms with Crippen LogP contribution in [0.15, 0.2) is 5.38 Å². The molecule has 2 atom stereocenters. The number of aromatic nitrogens is 1. The zero-order chi connectivity index (χ0) is 13.1. The Hall–Kier alpha value is -0.450. The molecule has 1 saturated heterocycles. The molecule has 102 valence electrons. The van der Waals surface area contributed by atoms with Gasteiger partial charge < -0.3 is 10.1 Å². The first-order valence-corrected chi connectivity index (χ1v) is 7.79. The lowest BCUT2D eigenvalue weighted by Gasteiger charge is -2.24. The third-order valence-electron chi connectivity index (χ3n) is 3.25. The molecule has 3 nitrogen and oxygen atoms in total. The Kier molecular flexibility index (Phi) is 4.76. The summed E-state index contributed by atoms with van der Waals surface area (Å²) in [7, 11) is 0. The van der Waals surface area contributed by atoms with E-state index in [1.54, 1.807) is 11.3 Å². The van der Waals surface area contributed by atoms with Gasteiger partial charge in [-0.05, 0) is 18.8 Å². The van der Waals surface area contributed by atoms with Crippen LogP contribution in [0.4, 0.5) is 0 Å². The number of hydrogen-bond acceptors (Lipinski definition) is 4. The summed E-state index contributed by atoms with van der Waals surface area (Å²) in [6.45, 7) is 9.63. The highest BCUT2D eigenvalue weighted by Gasteiger charge is 2.30. The standard InChI is InChI=1S/C14H24N2OS/c1-9(2)11-8-18-14(16-11)13(15-10(3)4)12-6-5-7-17-12/h8-10,12-13,15H,5-7H2,1-4H3. The van der Waals surface area contributed by atoms with Crippen LogP contribution in [0.2, 0.25) is 0 Å². The fourth-order valence-electron chi connectivity index (χ4n) is 2.27. The molecule has 0 saturated carbocycles. The van der Waals surface area contributed by atoms with Crippen molar-refractivity contribution >= 4 is 11.3 Å². The number of nitrogens with zero attached hydrogens (tertiary/aromatic N) is 1. The normalized spacial score (nSPS) is 22.0. The van der Waals surface area contributed by atoms with E-state index in [1.165, 1.54) is 17.1 Å². The first kappa shape index (κ1) is 14.0. The summed E-state index contributed by atoms with van der Waals surface area (Å²) in [5.74, 6) is 0.499. The molecule has 0 aliphatic carbocycles. The zero-order valence-corrected chi connectivity index (χ0v) is 12.6. The van der Waals surface area contributed by atoms with Gasteiger partial charge in [0.15, 0.2) is 0 Å². The fourth-order valence-corrected chi connectivity index (χ4v) is 3.36. The van der Waals surface area contributed by atoms with Crippen molar-refractivity contribution in [2.45, 2.75) is 64.6 Å². The van der Waals surface area contributed by atoms with Gasteiger partial charge in [-0.3, -0.25) is 0 Å². The van der Waals surface area contributed by atoms with E-state index in [0.29, 0.717) is 18.1 Å². The summed E-state index contributed by atoms with van der Waals surface area (Å²) in [6, 6.07) is 0.704. The topological polar surface area (TPSA) is 34.2 Å². The van der Waals surface area contributed by atoms with E-state index >= 15 is 0 Å². The van der Waals surface area contributed by atoms with Crippen molar-refractivity contribution in [2.24, 2.45) is 0 Å². The summed E-state index contributed by atoms with van der Waals surface area (Å²) in [4.78, 5) is 4.78. The number of hydrogen-bond donors (Lipinski definition) is 1. The van der Waals surface area contributed by atoms with Crippen LogP contribution in [-0.2, 0) is 4.74 Å². The SMILES string of the molecule is CC(C)NC(c1nc(C(C)C)cs1)C1CCCO1. The molecule has 0 bridgehead atoms. The van der Waals surface area contributed by atoms with E-state index in [2.05, 4.69) is 38.4 Å².